The zero-order chi connectivity index (χ0) is 19.6. The second-order valence-electron chi connectivity index (χ2n) is 7.53. The lowest BCUT2D eigenvalue weighted by molar-refractivity contribution is -0.00923. The Hall–Kier alpha value is -2.25. The number of carbonyl (C=O) groups is 1. The molecule has 1 N–H and O–H groups in total. The van der Waals surface area contributed by atoms with Crippen molar-refractivity contribution in [3.05, 3.63) is 47.0 Å². The van der Waals surface area contributed by atoms with Crippen molar-refractivity contribution < 1.29 is 13.9 Å². The minimum atomic E-state index is -0.302. The summed E-state index contributed by atoms with van der Waals surface area (Å²) < 4.78 is 20.3. The first kappa shape index (κ1) is 19.5. The maximum absolute atomic E-state index is 13.2. The van der Waals surface area contributed by atoms with E-state index in [0.29, 0.717) is 17.8 Å². The fourth-order valence-electron chi connectivity index (χ4n) is 3.47. The van der Waals surface area contributed by atoms with Gasteiger partial charge in [-0.2, -0.15) is 5.10 Å². The van der Waals surface area contributed by atoms with Gasteiger partial charge in [0.2, 0.25) is 0 Å². The number of carbonyl (C=O) groups excluding carboxylic acids is 1. The van der Waals surface area contributed by atoms with Crippen LogP contribution in [-0.4, -0.2) is 59.0 Å². The van der Waals surface area contributed by atoms with E-state index in [1.165, 1.54) is 12.1 Å². The van der Waals surface area contributed by atoms with Gasteiger partial charge in [-0.15, -0.1) is 0 Å². The van der Waals surface area contributed by atoms with Crippen LogP contribution in [0.1, 0.15) is 35.6 Å². The Kier molecular flexibility index (Phi) is 5.62. The van der Waals surface area contributed by atoms with Crippen LogP contribution in [0.4, 0.5) is 4.39 Å². The van der Waals surface area contributed by atoms with E-state index in [1.807, 2.05) is 13.8 Å². The molecule has 27 heavy (non-hydrogen) atoms. The predicted octanol–water partition coefficient (Wildman–Crippen LogP) is 2.47. The zero-order valence-electron chi connectivity index (χ0n) is 16.4. The summed E-state index contributed by atoms with van der Waals surface area (Å²) in [4.78, 5) is 15.2. The highest BCUT2D eigenvalue weighted by molar-refractivity contribution is 5.96. The van der Waals surface area contributed by atoms with Crippen LogP contribution < -0.4 is 5.32 Å². The topological polar surface area (TPSA) is 59.4 Å². The van der Waals surface area contributed by atoms with Gasteiger partial charge < -0.3 is 10.1 Å². The van der Waals surface area contributed by atoms with Gasteiger partial charge in [0.25, 0.3) is 5.91 Å². The Morgan fingerprint density at radius 3 is 2.48 bits per heavy atom. The molecule has 0 spiro atoms. The third-order valence-corrected chi connectivity index (χ3v) is 5.14. The van der Waals surface area contributed by atoms with Crippen molar-refractivity contribution in [2.75, 3.05) is 32.8 Å². The Labute approximate surface area is 159 Å². The molecule has 7 heteroatoms. The number of aryl methyl sites for hydroxylation is 1. The second-order valence-corrected chi connectivity index (χ2v) is 7.53. The SMILES string of the molecule is Cc1nn(-c2ccc(F)cc2)c(C)c1C(=O)NCC(C)(C)N1CCOCC1. The molecule has 0 saturated carbocycles. The lowest BCUT2D eigenvalue weighted by Gasteiger charge is -2.40. The van der Waals surface area contributed by atoms with E-state index in [2.05, 4.69) is 29.2 Å². The summed E-state index contributed by atoms with van der Waals surface area (Å²) in [6.07, 6.45) is 0. The molecule has 1 aliphatic heterocycles. The van der Waals surface area contributed by atoms with Crippen molar-refractivity contribution in [3.63, 3.8) is 0 Å². The summed E-state index contributed by atoms with van der Waals surface area (Å²) in [5.74, 6) is -0.441. The zero-order valence-corrected chi connectivity index (χ0v) is 16.4. The van der Waals surface area contributed by atoms with Crippen LogP contribution in [0.5, 0.6) is 0 Å². The maximum Gasteiger partial charge on any atom is 0.255 e. The van der Waals surface area contributed by atoms with Crippen LogP contribution >= 0.6 is 0 Å². The van der Waals surface area contributed by atoms with Gasteiger partial charge in [-0.1, -0.05) is 0 Å². The van der Waals surface area contributed by atoms with E-state index >= 15 is 0 Å². The van der Waals surface area contributed by atoms with Crippen molar-refractivity contribution in [2.24, 2.45) is 0 Å². The van der Waals surface area contributed by atoms with Crippen molar-refractivity contribution in [1.82, 2.24) is 20.0 Å². The molecule has 0 unspecified atom stereocenters. The normalized spacial score (nSPS) is 15.7. The Bertz CT molecular complexity index is 808. The van der Waals surface area contributed by atoms with Gasteiger partial charge in [0, 0.05) is 25.2 Å². The number of nitrogens with one attached hydrogen (secondary N) is 1. The minimum absolute atomic E-state index is 0.139. The van der Waals surface area contributed by atoms with Gasteiger partial charge in [0.05, 0.1) is 35.9 Å². The number of morpholine rings is 1. The largest absolute Gasteiger partial charge is 0.379 e. The van der Waals surface area contributed by atoms with Crippen LogP contribution in [0.2, 0.25) is 0 Å². The summed E-state index contributed by atoms with van der Waals surface area (Å²) in [6, 6.07) is 6.07. The molecule has 3 rings (SSSR count). The first-order valence-corrected chi connectivity index (χ1v) is 9.23. The van der Waals surface area contributed by atoms with Crippen LogP contribution in [0.3, 0.4) is 0 Å². The number of nitrogens with zero attached hydrogens (tertiary/aromatic N) is 3. The highest BCUT2D eigenvalue weighted by Gasteiger charge is 2.29. The van der Waals surface area contributed by atoms with Gasteiger partial charge in [-0.05, 0) is 52.0 Å². The fraction of sp³-hybridized carbons (Fsp3) is 0.500. The molecule has 2 aromatic rings. The summed E-state index contributed by atoms with van der Waals surface area (Å²) in [5.41, 5.74) is 2.52. The molecule has 1 amide bonds. The number of hydrogen-bond donors (Lipinski definition) is 1. The molecule has 0 radical (unpaired) electrons. The monoisotopic (exact) mass is 374 g/mol. The van der Waals surface area contributed by atoms with Gasteiger partial charge in [-0.25, -0.2) is 9.07 Å². The second kappa shape index (κ2) is 7.78. The van der Waals surface area contributed by atoms with Crippen molar-refractivity contribution >= 4 is 5.91 Å². The third-order valence-electron chi connectivity index (χ3n) is 5.14. The quantitative estimate of drug-likeness (QED) is 0.874. The summed E-state index contributed by atoms with van der Waals surface area (Å²) in [6.45, 7) is 11.6. The lowest BCUT2D eigenvalue weighted by atomic mass is 10.0. The molecule has 0 bridgehead atoms. The summed E-state index contributed by atoms with van der Waals surface area (Å²) >= 11 is 0. The summed E-state index contributed by atoms with van der Waals surface area (Å²) in [5, 5.41) is 7.53. The average molecular weight is 374 g/mol. The first-order chi connectivity index (χ1) is 12.8. The lowest BCUT2D eigenvalue weighted by Crippen LogP contribution is -2.55. The molecule has 1 aromatic carbocycles. The van der Waals surface area contributed by atoms with Gasteiger partial charge in [0.1, 0.15) is 5.82 Å². The molecule has 146 valence electrons. The van der Waals surface area contributed by atoms with Crippen molar-refractivity contribution in [2.45, 2.75) is 33.2 Å². The molecule has 0 aliphatic carbocycles. The first-order valence-electron chi connectivity index (χ1n) is 9.23. The molecule has 0 atom stereocenters. The van der Waals surface area contributed by atoms with E-state index in [9.17, 15) is 9.18 Å². The minimum Gasteiger partial charge on any atom is -0.379 e. The molecule has 6 nitrogen and oxygen atoms in total. The molecule has 1 fully saturated rings. The van der Waals surface area contributed by atoms with Crippen LogP contribution in [0.25, 0.3) is 5.69 Å². The van der Waals surface area contributed by atoms with E-state index in [4.69, 9.17) is 4.74 Å². The van der Waals surface area contributed by atoms with E-state index in [-0.39, 0.29) is 17.3 Å². The van der Waals surface area contributed by atoms with Crippen LogP contribution in [-0.2, 0) is 4.74 Å². The van der Waals surface area contributed by atoms with E-state index < -0.39 is 0 Å². The number of rotatable bonds is 5. The van der Waals surface area contributed by atoms with Gasteiger partial charge in [-0.3, -0.25) is 9.69 Å². The highest BCUT2D eigenvalue weighted by Crippen LogP contribution is 2.19. The number of ether oxygens (including phenoxy) is 1. The number of amides is 1. The molecule has 1 aromatic heterocycles. The highest BCUT2D eigenvalue weighted by atomic mass is 19.1. The van der Waals surface area contributed by atoms with Gasteiger partial charge in [0.15, 0.2) is 0 Å². The maximum atomic E-state index is 13.2. The van der Waals surface area contributed by atoms with E-state index in [0.717, 1.165) is 37.7 Å². The van der Waals surface area contributed by atoms with Crippen molar-refractivity contribution in [1.29, 1.82) is 0 Å². The molecular weight excluding hydrogens is 347 g/mol. The third kappa shape index (κ3) is 4.20. The van der Waals surface area contributed by atoms with E-state index in [1.54, 1.807) is 16.8 Å². The van der Waals surface area contributed by atoms with Gasteiger partial charge >= 0.3 is 0 Å². The number of hydrogen-bond acceptors (Lipinski definition) is 4. The average Bonchev–Trinajstić information content (AvgIpc) is 2.95. The number of aromatic nitrogens is 2. The molecule has 2 heterocycles. The summed E-state index contributed by atoms with van der Waals surface area (Å²) in [7, 11) is 0. The Morgan fingerprint density at radius 2 is 1.85 bits per heavy atom. The molecule has 1 aliphatic rings. The Morgan fingerprint density at radius 1 is 1.22 bits per heavy atom. The fourth-order valence-corrected chi connectivity index (χ4v) is 3.47. The van der Waals surface area contributed by atoms with Crippen LogP contribution in [0.15, 0.2) is 24.3 Å². The standard InChI is InChI=1S/C20H27FN4O2/c1-14-18(15(2)25(23-14)17-7-5-16(21)6-8-17)19(26)22-13-20(3,4)24-9-11-27-12-10-24/h5-8H,9-13H2,1-4H3,(H,22,26). The predicted molar refractivity (Wildman–Crippen MR) is 102 cm³/mol. The van der Waals surface area contributed by atoms with Crippen LogP contribution in [0, 0.1) is 19.7 Å². The number of halogens is 1. The Balaban J connectivity index is 1.74. The van der Waals surface area contributed by atoms with Crippen molar-refractivity contribution in [3.8, 4) is 5.69 Å². The smallest absolute Gasteiger partial charge is 0.255 e. The molecular formula is C20H27FN4O2. The number of benzene rings is 1. The molecule has 1 saturated heterocycles.